The van der Waals surface area contributed by atoms with Crippen LogP contribution in [0.25, 0.3) is 0 Å². The van der Waals surface area contributed by atoms with E-state index in [0.29, 0.717) is 19.3 Å². The molecule has 1 saturated carbocycles. The van der Waals surface area contributed by atoms with E-state index in [1.165, 1.54) is 24.3 Å². The molecule has 250 valence electrons. The summed E-state index contributed by atoms with van der Waals surface area (Å²) in [5, 5.41) is 12.9. The van der Waals surface area contributed by atoms with Gasteiger partial charge in [0.25, 0.3) is 0 Å². The number of carboxylic acid groups (broad SMARTS) is 1. The molecule has 0 unspecified atom stereocenters. The summed E-state index contributed by atoms with van der Waals surface area (Å²) in [6, 6.07) is 10.6. The zero-order valence-electron chi connectivity index (χ0n) is 26.9. The fourth-order valence-electron chi connectivity index (χ4n) is 5.72. The Labute approximate surface area is 269 Å². The molecule has 1 amide bonds. The van der Waals surface area contributed by atoms with Gasteiger partial charge in [-0.3, -0.25) is 9.59 Å². The number of hydrogen-bond acceptors (Lipinski definition) is 6. The molecule has 2 aromatic carbocycles. The van der Waals surface area contributed by atoms with Gasteiger partial charge in [0.1, 0.15) is 12.1 Å². The zero-order chi connectivity index (χ0) is 33.2. The average Bonchev–Trinajstić information content (AvgIpc) is 2.98. The monoisotopic (exact) mass is 663 g/mol. The van der Waals surface area contributed by atoms with E-state index in [4.69, 9.17) is 0 Å². The first kappa shape index (κ1) is 36.7. The van der Waals surface area contributed by atoms with Crippen LogP contribution in [0.3, 0.4) is 0 Å². The molecule has 2 aromatic rings. The van der Waals surface area contributed by atoms with Gasteiger partial charge in [0.15, 0.2) is 0 Å². The first-order chi connectivity index (χ1) is 21.2. The Morgan fingerprint density at radius 1 is 0.867 bits per heavy atom. The van der Waals surface area contributed by atoms with Crippen LogP contribution >= 0.6 is 0 Å². The quantitative estimate of drug-likeness (QED) is 0.202. The minimum atomic E-state index is -4.06. The zero-order valence-corrected chi connectivity index (χ0v) is 28.5. The molecule has 0 spiro atoms. The molecule has 0 radical (unpaired) electrons. The number of benzene rings is 2. The largest absolute Gasteiger partial charge is 0.480 e. The van der Waals surface area contributed by atoms with E-state index in [0.717, 1.165) is 47.5 Å². The molecule has 3 N–H and O–H groups in total. The van der Waals surface area contributed by atoms with Crippen molar-refractivity contribution in [1.82, 2.24) is 14.3 Å². The van der Waals surface area contributed by atoms with Crippen LogP contribution < -0.4 is 10.0 Å². The number of sulfonamides is 2. The van der Waals surface area contributed by atoms with Crippen LogP contribution in [-0.2, 0) is 29.6 Å². The maximum atomic E-state index is 13.5. The van der Waals surface area contributed by atoms with Crippen LogP contribution in [-0.4, -0.2) is 63.3 Å². The molecular weight excluding hydrogens is 615 g/mol. The van der Waals surface area contributed by atoms with Gasteiger partial charge in [0.2, 0.25) is 26.0 Å². The van der Waals surface area contributed by atoms with Gasteiger partial charge in [0, 0.05) is 13.1 Å². The van der Waals surface area contributed by atoms with Gasteiger partial charge in [0.05, 0.1) is 9.79 Å². The predicted octanol–water partition coefficient (Wildman–Crippen LogP) is 5.01. The molecular formula is C33H49N3O7S2. The number of nitrogens with one attached hydrogen (secondary N) is 2. The van der Waals surface area contributed by atoms with Crippen LogP contribution in [0.5, 0.6) is 0 Å². The van der Waals surface area contributed by atoms with Crippen LogP contribution in [0.2, 0.25) is 0 Å². The van der Waals surface area contributed by atoms with Gasteiger partial charge in [-0.05, 0) is 75.6 Å². The highest BCUT2D eigenvalue weighted by molar-refractivity contribution is 7.89. The predicted molar refractivity (Wildman–Crippen MR) is 175 cm³/mol. The number of hydrogen-bond donors (Lipinski definition) is 3. The molecule has 0 bridgehead atoms. The second kappa shape index (κ2) is 16.7. The molecule has 12 heteroatoms. The summed E-state index contributed by atoms with van der Waals surface area (Å²) in [6.45, 7) is 7.64. The number of aryl methyl sites for hydroxylation is 2. The van der Waals surface area contributed by atoms with E-state index in [9.17, 15) is 31.5 Å². The van der Waals surface area contributed by atoms with Crippen molar-refractivity contribution in [3.05, 3.63) is 59.7 Å². The molecule has 45 heavy (non-hydrogen) atoms. The third kappa shape index (κ3) is 10.9. The molecule has 1 aliphatic rings. The maximum absolute atomic E-state index is 13.5. The minimum absolute atomic E-state index is 0.0457. The number of carbonyl (C=O) groups is 2. The Bertz CT molecular complexity index is 1470. The normalized spacial score (nSPS) is 16.0. The van der Waals surface area contributed by atoms with Gasteiger partial charge in [-0.1, -0.05) is 81.3 Å². The fourth-order valence-corrected chi connectivity index (χ4v) is 8.71. The van der Waals surface area contributed by atoms with Crippen molar-refractivity contribution in [2.75, 3.05) is 13.1 Å². The number of unbranched alkanes of at least 4 members (excludes halogenated alkanes) is 1. The van der Waals surface area contributed by atoms with Crippen LogP contribution in [0.1, 0.15) is 82.8 Å². The molecule has 0 aliphatic heterocycles. The SMILES string of the molecule is Cc1ccc(S(=O)(=O)N[C@@H](CC2CCCCC2)C(=O)NCCCC[C@@H](C(=O)O)N(CC(C)C)S(=O)(=O)c2ccc(C)cc2)cc1. The summed E-state index contributed by atoms with van der Waals surface area (Å²) in [5.41, 5.74) is 1.82. The van der Waals surface area contributed by atoms with Gasteiger partial charge in [-0.25, -0.2) is 16.8 Å². The van der Waals surface area contributed by atoms with Crippen molar-refractivity contribution in [3.63, 3.8) is 0 Å². The Morgan fingerprint density at radius 2 is 1.42 bits per heavy atom. The number of amides is 1. The summed E-state index contributed by atoms with van der Waals surface area (Å²) in [5.74, 6) is -1.51. The van der Waals surface area contributed by atoms with E-state index in [1.807, 2.05) is 27.7 Å². The third-order valence-electron chi connectivity index (χ3n) is 8.25. The molecule has 3 rings (SSSR count). The van der Waals surface area contributed by atoms with Gasteiger partial charge >= 0.3 is 5.97 Å². The summed E-state index contributed by atoms with van der Waals surface area (Å²) >= 11 is 0. The lowest BCUT2D eigenvalue weighted by Gasteiger charge is -2.30. The summed E-state index contributed by atoms with van der Waals surface area (Å²) in [4.78, 5) is 25.8. The molecule has 2 atom stereocenters. The molecule has 1 fully saturated rings. The first-order valence-electron chi connectivity index (χ1n) is 15.9. The van der Waals surface area contributed by atoms with Crippen LogP contribution in [0.15, 0.2) is 58.3 Å². The first-order valence-corrected chi connectivity index (χ1v) is 18.8. The van der Waals surface area contributed by atoms with Gasteiger partial charge in [-0.2, -0.15) is 9.03 Å². The molecule has 10 nitrogen and oxygen atoms in total. The Kier molecular flexibility index (Phi) is 13.6. The summed E-state index contributed by atoms with van der Waals surface area (Å²) in [7, 11) is -7.99. The lowest BCUT2D eigenvalue weighted by molar-refractivity contribution is -0.142. The van der Waals surface area contributed by atoms with Crippen molar-refractivity contribution in [2.24, 2.45) is 11.8 Å². The fraction of sp³-hybridized carbons (Fsp3) is 0.576. The van der Waals surface area contributed by atoms with Gasteiger partial charge < -0.3 is 10.4 Å². The van der Waals surface area contributed by atoms with E-state index in [-0.39, 0.29) is 41.1 Å². The molecule has 0 saturated heterocycles. The summed E-state index contributed by atoms with van der Waals surface area (Å²) in [6.07, 6.45) is 6.36. The number of rotatable bonds is 17. The van der Waals surface area contributed by atoms with Crippen molar-refractivity contribution in [3.8, 4) is 0 Å². The smallest absolute Gasteiger partial charge is 0.322 e. The highest BCUT2D eigenvalue weighted by Gasteiger charge is 2.36. The second-order valence-electron chi connectivity index (χ2n) is 12.6. The van der Waals surface area contributed by atoms with Gasteiger partial charge in [-0.15, -0.1) is 0 Å². The van der Waals surface area contributed by atoms with E-state index in [2.05, 4.69) is 10.0 Å². The minimum Gasteiger partial charge on any atom is -0.480 e. The van der Waals surface area contributed by atoms with Crippen molar-refractivity contribution in [1.29, 1.82) is 0 Å². The Hall–Kier alpha value is -2.80. The Balaban J connectivity index is 1.65. The van der Waals surface area contributed by atoms with E-state index in [1.54, 1.807) is 24.3 Å². The topological polar surface area (TPSA) is 150 Å². The number of nitrogens with zero attached hydrogens (tertiary/aromatic N) is 1. The van der Waals surface area contributed by atoms with E-state index >= 15 is 0 Å². The van der Waals surface area contributed by atoms with Crippen LogP contribution in [0.4, 0.5) is 0 Å². The molecule has 1 aliphatic carbocycles. The number of carbonyl (C=O) groups excluding carboxylic acids is 1. The van der Waals surface area contributed by atoms with Crippen molar-refractivity contribution < 1.29 is 31.5 Å². The highest BCUT2D eigenvalue weighted by Crippen LogP contribution is 2.28. The summed E-state index contributed by atoms with van der Waals surface area (Å²) < 4.78 is 57.1. The third-order valence-corrected chi connectivity index (χ3v) is 11.6. The molecule has 0 aromatic heterocycles. The lowest BCUT2D eigenvalue weighted by atomic mass is 9.85. The number of aliphatic carboxylic acids is 1. The maximum Gasteiger partial charge on any atom is 0.322 e. The number of carboxylic acids is 1. The van der Waals surface area contributed by atoms with E-state index < -0.39 is 44.0 Å². The lowest BCUT2D eigenvalue weighted by Crippen LogP contribution is -2.48. The standard InChI is InChI=1S/C33H49N3O7S2/c1-24(2)23-36(45(42,43)29-19-15-26(4)16-20-29)31(33(38)39)12-8-9-21-34-32(37)30(22-27-10-6-5-7-11-27)35-44(40,41)28-17-13-25(3)14-18-28/h13-20,24,27,30-31,35H,5-12,21-23H2,1-4H3,(H,34,37)(H,38,39)/t30-,31-/m0/s1. The average molecular weight is 664 g/mol. The van der Waals surface area contributed by atoms with Crippen molar-refractivity contribution in [2.45, 2.75) is 107 Å². The van der Waals surface area contributed by atoms with Crippen molar-refractivity contribution >= 4 is 31.9 Å². The van der Waals surface area contributed by atoms with Crippen LogP contribution in [0, 0.1) is 25.7 Å². The highest BCUT2D eigenvalue weighted by atomic mass is 32.2. The molecule has 0 heterocycles. The second-order valence-corrected chi connectivity index (χ2v) is 16.3. The Morgan fingerprint density at radius 3 is 1.96 bits per heavy atom.